The molecule has 0 spiro atoms. The minimum absolute atomic E-state index is 0.0826. The lowest BCUT2D eigenvalue weighted by atomic mass is 10.2. The van der Waals surface area contributed by atoms with Gasteiger partial charge in [-0.25, -0.2) is 0 Å². The molecule has 1 aliphatic carbocycles. The molecule has 7 heteroatoms. The summed E-state index contributed by atoms with van der Waals surface area (Å²) in [5, 5.41) is 8.34. The molecule has 0 aliphatic heterocycles. The number of ether oxygens (including phenoxy) is 2. The fourth-order valence-corrected chi connectivity index (χ4v) is 1.87. The number of benzene rings is 1. The molecule has 7 nitrogen and oxygen atoms in total. The maximum Gasteiger partial charge on any atom is 0.258 e. The molecule has 1 aromatic carbocycles. The maximum absolute atomic E-state index is 11.7. The van der Waals surface area contributed by atoms with Crippen molar-refractivity contribution in [2.24, 2.45) is 0 Å². The van der Waals surface area contributed by atoms with E-state index in [9.17, 15) is 9.59 Å². The van der Waals surface area contributed by atoms with E-state index in [1.807, 2.05) is 0 Å². The third kappa shape index (κ3) is 4.92. The highest BCUT2D eigenvalue weighted by molar-refractivity contribution is 5.92. The number of methoxy groups -OCH3 is 1. The Morgan fingerprint density at radius 3 is 2.64 bits per heavy atom. The molecule has 0 radical (unpaired) electrons. The average Bonchev–Trinajstić information content (AvgIpc) is 3.29. The maximum atomic E-state index is 11.7. The van der Waals surface area contributed by atoms with Gasteiger partial charge in [0.05, 0.1) is 13.7 Å². The van der Waals surface area contributed by atoms with Crippen LogP contribution in [0.1, 0.15) is 12.8 Å². The normalized spacial score (nSPS) is 13.4. The smallest absolute Gasteiger partial charge is 0.258 e. The standard InChI is InChI=1S/C15H21N3O4/c1-16-8-14(19)18-11-5-6-12(21-2)13(7-11)22-9-15(20)17-10-3-4-10/h5-7,10,16H,3-4,8-9H2,1-2H3,(H,17,20)(H,18,19). The Morgan fingerprint density at radius 1 is 1.23 bits per heavy atom. The van der Waals surface area contributed by atoms with Gasteiger partial charge in [-0.05, 0) is 32.0 Å². The number of likely N-dealkylation sites (N-methyl/N-ethyl adjacent to an activating group) is 1. The van der Waals surface area contributed by atoms with Crippen molar-refractivity contribution in [2.45, 2.75) is 18.9 Å². The molecule has 1 aromatic rings. The molecule has 2 amide bonds. The molecule has 3 N–H and O–H groups in total. The third-order valence-corrected chi connectivity index (χ3v) is 3.09. The predicted octanol–water partition coefficient (Wildman–Crippen LogP) is 0.511. The second-order valence-electron chi connectivity index (χ2n) is 5.07. The number of hydrogen-bond acceptors (Lipinski definition) is 5. The first-order valence-corrected chi connectivity index (χ1v) is 7.17. The van der Waals surface area contributed by atoms with Gasteiger partial charge >= 0.3 is 0 Å². The monoisotopic (exact) mass is 307 g/mol. The first-order chi connectivity index (χ1) is 10.6. The summed E-state index contributed by atoms with van der Waals surface area (Å²) in [5.74, 6) is 0.598. The van der Waals surface area contributed by atoms with Crippen molar-refractivity contribution in [3.05, 3.63) is 18.2 Å². The van der Waals surface area contributed by atoms with Gasteiger partial charge in [0.15, 0.2) is 18.1 Å². The van der Waals surface area contributed by atoms with Crippen molar-refractivity contribution in [2.75, 3.05) is 32.6 Å². The highest BCUT2D eigenvalue weighted by atomic mass is 16.5. The van der Waals surface area contributed by atoms with Crippen LogP contribution in [0.5, 0.6) is 11.5 Å². The molecule has 0 heterocycles. The zero-order valence-corrected chi connectivity index (χ0v) is 12.8. The number of hydrogen-bond donors (Lipinski definition) is 3. The summed E-state index contributed by atoms with van der Waals surface area (Å²) >= 11 is 0. The molecule has 0 atom stereocenters. The summed E-state index contributed by atoms with van der Waals surface area (Å²) in [6.07, 6.45) is 2.06. The van der Waals surface area contributed by atoms with Gasteiger partial charge < -0.3 is 25.4 Å². The Kier molecular flexibility index (Phi) is 5.60. The quantitative estimate of drug-likeness (QED) is 0.651. The molecule has 2 rings (SSSR count). The predicted molar refractivity (Wildman–Crippen MR) is 82.2 cm³/mol. The van der Waals surface area contributed by atoms with E-state index in [0.29, 0.717) is 23.2 Å². The Balaban J connectivity index is 1.96. The van der Waals surface area contributed by atoms with Crippen LogP contribution in [0.3, 0.4) is 0 Å². The first-order valence-electron chi connectivity index (χ1n) is 7.17. The van der Waals surface area contributed by atoms with Crippen LogP contribution in [-0.4, -0.2) is 45.2 Å². The summed E-state index contributed by atoms with van der Waals surface area (Å²) in [4.78, 5) is 23.2. The molecule has 0 unspecified atom stereocenters. The Hall–Kier alpha value is -2.28. The molecule has 1 saturated carbocycles. The SMILES string of the molecule is CNCC(=O)Nc1ccc(OC)c(OCC(=O)NC2CC2)c1. The fourth-order valence-electron chi connectivity index (χ4n) is 1.87. The topological polar surface area (TPSA) is 88.7 Å². The van der Waals surface area contributed by atoms with Gasteiger partial charge in [0, 0.05) is 17.8 Å². The lowest BCUT2D eigenvalue weighted by Gasteiger charge is -2.13. The zero-order chi connectivity index (χ0) is 15.9. The number of rotatable bonds is 8. The molecule has 0 bridgehead atoms. The number of carbonyl (C=O) groups is 2. The van der Waals surface area contributed by atoms with E-state index >= 15 is 0 Å². The molecular weight excluding hydrogens is 286 g/mol. The van der Waals surface area contributed by atoms with Crippen molar-refractivity contribution in [3.8, 4) is 11.5 Å². The van der Waals surface area contributed by atoms with Gasteiger partial charge in [0.1, 0.15) is 0 Å². The van der Waals surface area contributed by atoms with Gasteiger partial charge in [0.2, 0.25) is 5.91 Å². The van der Waals surface area contributed by atoms with E-state index in [1.165, 1.54) is 7.11 Å². The first kappa shape index (κ1) is 16.1. The van der Waals surface area contributed by atoms with Gasteiger partial charge in [0.25, 0.3) is 5.91 Å². The molecule has 0 saturated heterocycles. The van der Waals surface area contributed by atoms with E-state index in [0.717, 1.165) is 12.8 Å². The van der Waals surface area contributed by atoms with Crippen molar-refractivity contribution < 1.29 is 19.1 Å². The van der Waals surface area contributed by atoms with Crippen LogP contribution < -0.4 is 25.4 Å². The number of anilines is 1. The van der Waals surface area contributed by atoms with E-state index in [1.54, 1.807) is 25.2 Å². The van der Waals surface area contributed by atoms with Gasteiger partial charge in [-0.2, -0.15) is 0 Å². The van der Waals surface area contributed by atoms with Crippen molar-refractivity contribution in [3.63, 3.8) is 0 Å². The van der Waals surface area contributed by atoms with E-state index in [2.05, 4.69) is 16.0 Å². The molecule has 1 fully saturated rings. The summed E-state index contributed by atoms with van der Waals surface area (Å²) in [6, 6.07) is 5.33. The average molecular weight is 307 g/mol. The Labute approximate surface area is 129 Å². The lowest BCUT2D eigenvalue weighted by Crippen LogP contribution is -2.30. The summed E-state index contributed by atoms with van der Waals surface area (Å²) in [5.41, 5.74) is 0.582. The largest absolute Gasteiger partial charge is 0.493 e. The summed E-state index contributed by atoms with van der Waals surface area (Å²) < 4.78 is 10.7. The van der Waals surface area contributed by atoms with E-state index < -0.39 is 0 Å². The second kappa shape index (κ2) is 7.65. The number of amides is 2. The molecule has 120 valence electrons. The van der Waals surface area contributed by atoms with Crippen LogP contribution in [0.4, 0.5) is 5.69 Å². The van der Waals surface area contributed by atoms with Crippen LogP contribution >= 0.6 is 0 Å². The van der Waals surface area contributed by atoms with Crippen molar-refractivity contribution >= 4 is 17.5 Å². The van der Waals surface area contributed by atoms with Crippen LogP contribution in [0.25, 0.3) is 0 Å². The third-order valence-electron chi connectivity index (χ3n) is 3.09. The van der Waals surface area contributed by atoms with Crippen molar-refractivity contribution in [1.82, 2.24) is 10.6 Å². The van der Waals surface area contributed by atoms with E-state index in [-0.39, 0.29) is 25.0 Å². The van der Waals surface area contributed by atoms with Crippen LogP contribution in [0.15, 0.2) is 18.2 Å². The minimum atomic E-state index is -0.162. The Bertz CT molecular complexity index is 544. The Morgan fingerprint density at radius 2 is 2.00 bits per heavy atom. The van der Waals surface area contributed by atoms with Gasteiger partial charge in [-0.1, -0.05) is 0 Å². The summed E-state index contributed by atoms with van der Waals surface area (Å²) in [7, 11) is 3.21. The number of carbonyl (C=O) groups excluding carboxylic acids is 2. The van der Waals surface area contributed by atoms with E-state index in [4.69, 9.17) is 9.47 Å². The number of nitrogens with one attached hydrogen (secondary N) is 3. The molecule has 1 aliphatic rings. The lowest BCUT2D eigenvalue weighted by molar-refractivity contribution is -0.123. The fraction of sp³-hybridized carbons (Fsp3) is 0.467. The second-order valence-corrected chi connectivity index (χ2v) is 5.07. The molecule has 22 heavy (non-hydrogen) atoms. The van der Waals surface area contributed by atoms with Gasteiger partial charge in [-0.3, -0.25) is 9.59 Å². The minimum Gasteiger partial charge on any atom is -0.493 e. The molecule has 0 aromatic heterocycles. The summed E-state index contributed by atoms with van der Waals surface area (Å²) in [6.45, 7) is 0.132. The highest BCUT2D eigenvalue weighted by Crippen LogP contribution is 2.30. The van der Waals surface area contributed by atoms with Crippen LogP contribution in [0.2, 0.25) is 0 Å². The van der Waals surface area contributed by atoms with Crippen LogP contribution in [-0.2, 0) is 9.59 Å². The van der Waals surface area contributed by atoms with Crippen molar-refractivity contribution in [1.29, 1.82) is 0 Å². The van der Waals surface area contributed by atoms with Gasteiger partial charge in [-0.15, -0.1) is 0 Å². The highest BCUT2D eigenvalue weighted by Gasteiger charge is 2.23. The van der Waals surface area contributed by atoms with Crippen LogP contribution in [0, 0.1) is 0 Å². The zero-order valence-electron chi connectivity index (χ0n) is 12.8. The molecular formula is C15H21N3O4.